The number of aryl methyl sites for hydroxylation is 1. The van der Waals surface area contributed by atoms with Crippen molar-refractivity contribution in [3.63, 3.8) is 0 Å². The van der Waals surface area contributed by atoms with Crippen LogP contribution < -0.4 is 20.9 Å². The first-order valence-corrected chi connectivity index (χ1v) is 13.1. The molecular weight excluding hydrogens is 478 g/mol. The molecule has 4 aromatic rings. The molecule has 1 saturated carbocycles. The van der Waals surface area contributed by atoms with Gasteiger partial charge in [0.05, 0.1) is 13.2 Å². The van der Waals surface area contributed by atoms with Crippen molar-refractivity contribution in [1.82, 2.24) is 15.2 Å². The number of aliphatic hydroxyl groups excluding tert-OH is 1. The van der Waals surface area contributed by atoms with E-state index in [0.717, 1.165) is 46.2 Å². The summed E-state index contributed by atoms with van der Waals surface area (Å²) in [6, 6.07) is 21.6. The molecule has 0 saturated heterocycles. The van der Waals surface area contributed by atoms with Crippen LogP contribution in [0.2, 0.25) is 0 Å². The SMILES string of the molecule is Cc1ccc(C(=O)NC2CC2)cc1-c1ccc2c(=O)n(Cc3cccc(OCCNCCO)c3)ccc2c1. The Morgan fingerprint density at radius 3 is 2.74 bits per heavy atom. The number of pyridine rings is 1. The van der Waals surface area contributed by atoms with Gasteiger partial charge in [-0.15, -0.1) is 0 Å². The number of hydrogen-bond donors (Lipinski definition) is 3. The number of aromatic nitrogens is 1. The number of nitrogens with zero attached hydrogens (tertiary/aromatic N) is 1. The van der Waals surface area contributed by atoms with Crippen LogP contribution in [-0.2, 0) is 6.54 Å². The number of nitrogens with one attached hydrogen (secondary N) is 2. The maximum Gasteiger partial charge on any atom is 0.258 e. The van der Waals surface area contributed by atoms with Crippen LogP contribution >= 0.6 is 0 Å². The third-order valence-corrected chi connectivity index (χ3v) is 6.79. The van der Waals surface area contributed by atoms with Gasteiger partial charge in [0, 0.05) is 36.3 Å². The Kier molecular flexibility index (Phi) is 7.86. The summed E-state index contributed by atoms with van der Waals surface area (Å²) in [5.41, 5.74) is 4.62. The average Bonchev–Trinajstić information content (AvgIpc) is 3.74. The van der Waals surface area contributed by atoms with Crippen molar-refractivity contribution in [2.45, 2.75) is 32.4 Å². The van der Waals surface area contributed by atoms with E-state index >= 15 is 0 Å². The number of carbonyl (C=O) groups is 1. The minimum Gasteiger partial charge on any atom is -0.492 e. The molecule has 5 rings (SSSR count). The molecule has 0 spiro atoms. The highest BCUT2D eigenvalue weighted by molar-refractivity contribution is 5.96. The molecule has 0 atom stereocenters. The van der Waals surface area contributed by atoms with E-state index in [4.69, 9.17) is 9.84 Å². The maximum atomic E-state index is 13.3. The molecule has 196 valence electrons. The molecule has 3 N–H and O–H groups in total. The van der Waals surface area contributed by atoms with Crippen molar-refractivity contribution in [2.24, 2.45) is 0 Å². The normalized spacial score (nSPS) is 13.0. The molecule has 0 radical (unpaired) electrons. The Morgan fingerprint density at radius 2 is 1.92 bits per heavy atom. The van der Waals surface area contributed by atoms with Gasteiger partial charge in [-0.05, 0) is 89.9 Å². The first kappa shape index (κ1) is 25.7. The van der Waals surface area contributed by atoms with E-state index in [1.807, 2.05) is 79.9 Å². The Morgan fingerprint density at radius 1 is 1.05 bits per heavy atom. The smallest absolute Gasteiger partial charge is 0.258 e. The summed E-state index contributed by atoms with van der Waals surface area (Å²) < 4.78 is 7.49. The van der Waals surface area contributed by atoms with Crippen LogP contribution in [0.4, 0.5) is 0 Å². The van der Waals surface area contributed by atoms with E-state index in [1.54, 1.807) is 4.57 Å². The van der Waals surface area contributed by atoms with E-state index in [9.17, 15) is 9.59 Å². The minimum absolute atomic E-state index is 0.0368. The lowest BCUT2D eigenvalue weighted by atomic mass is 9.96. The third-order valence-electron chi connectivity index (χ3n) is 6.79. The fourth-order valence-corrected chi connectivity index (χ4v) is 4.53. The molecule has 1 aromatic heterocycles. The summed E-state index contributed by atoms with van der Waals surface area (Å²) in [6.07, 6.45) is 3.93. The largest absolute Gasteiger partial charge is 0.492 e. The highest BCUT2D eigenvalue weighted by atomic mass is 16.5. The van der Waals surface area contributed by atoms with Crippen LogP contribution in [0.25, 0.3) is 21.9 Å². The summed E-state index contributed by atoms with van der Waals surface area (Å²) in [6.45, 7) is 4.25. The Hall–Kier alpha value is -3.94. The van der Waals surface area contributed by atoms with E-state index in [1.165, 1.54) is 0 Å². The van der Waals surface area contributed by atoms with Crippen LogP contribution in [0.15, 0.2) is 77.7 Å². The van der Waals surface area contributed by atoms with E-state index in [2.05, 4.69) is 10.6 Å². The van der Waals surface area contributed by atoms with Gasteiger partial charge < -0.3 is 25.0 Å². The fourth-order valence-electron chi connectivity index (χ4n) is 4.53. The summed E-state index contributed by atoms with van der Waals surface area (Å²) in [5.74, 6) is 0.709. The van der Waals surface area contributed by atoms with Gasteiger partial charge in [-0.1, -0.05) is 24.3 Å². The van der Waals surface area contributed by atoms with Crippen LogP contribution in [0, 0.1) is 6.92 Å². The molecule has 1 fully saturated rings. The van der Waals surface area contributed by atoms with Crippen LogP contribution in [0.1, 0.15) is 34.3 Å². The monoisotopic (exact) mass is 511 g/mol. The van der Waals surface area contributed by atoms with Gasteiger partial charge in [-0.25, -0.2) is 0 Å². The molecule has 1 amide bonds. The molecule has 3 aromatic carbocycles. The van der Waals surface area contributed by atoms with Gasteiger partial charge in [0.25, 0.3) is 11.5 Å². The summed E-state index contributed by atoms with van der Waals surface area (Å²) >= 11 is 0. The van der Waals surface area contributed by atoms with Gasteiger partial charge in [0.15, 0.2) is 0 Å². The van der Waals surface area contributed by atoms with Crippen molar-refractivity contribution in [3.8, 4) is 16.9 Å². The van der Waals surface area contributed by atoms with Crippen LogP contribution in [-0.4, -0.2) is 47.9 Å². The van der Waals surface area contributed by atoms with Crippen molar-refractivity contribution in [3.05, 3.63) is 100.0 Å². The standard InChI is InChI=1S/C31H33N3O4/c1-21-5-6-25(30(36)33-26-8-9-26)19-29(21)23-7-10-28-24(18-23)11-14-34(31(28)37)20-22-3-2-4-27(17-22)38-16-13-32-12-15-35/h2-7,10-11,14,17-19,26,32,35H,8-9,12-13,15-16,20H2,1H3,(H,33,36). The molecular formula is C31H33N3O4. The number of fused-ring (bicyclic) bond motifs is 1. The molecule has 1 aliphatic rings. The van der Waals surface area contributed by atoms with Crippen molar-refractivity contribution >= 4 is 16.7 Å². The summed E-state index contributed by atoms with van der Waals surface area (Å²) in [5, 5.41) is 16.5. The number of benzene rings is 3. The van der Waals surface area contributed by atoms with Gasteiger partial charge in [0.2, 0.25) is 0 Å². The molecule has 38 heavy (non-hydrogen) atoms. The lowest BCUT2D eigenvalue weighted by Crippen LogP contribution is -2.25. The number of aliphatic hydroxyl groups is 1. The van der Waals surface area contributed by atoms with Crippen molar-refractivity contribution in [1.29, 1.82) is 0 Å². The predicted octanol–water partition coefficient (Wildman–Crippen LogP) is 3.88. The third kappa shape index (κ3) is 6.13. The summed E-state index contributed by atoms with van der Waals surface area (Å²) in [7, 11) is 0. The zero-order chi connectivity index (χ0) is 26.5. The average molecular weight is 512 g/mol. The fraction of sp³-hybridized carbons (Fsp3) is 0.290. The van der Waals surface area contributed by atoms with Gasteiger partial charge in [-0.3, -0.25) is 9.59 Å². The first-order valence-electron chi connectivity index (χ1n) is 13.1. The lowest BCUT2D eigenvalue weighted by molar-refractivity contribution is 0.0951. The van der Waals surface area contributed by atoms with E-state index in [0.29, 0.717) is 43.2 Å². The predicted molar refractivity (Wildman–Crippen MR) is 150 cm³/mol. The molecule has 0 bridgehead atoms. The highest BCUT2D eigenvalue weighted by Crippen LogP contribution is 2.28. The molecule has 1 aliphatic carbocycles. The van der Waals surface area contributed by atoms with E-state index < -0.39 is 0 Å². The Bertz CT molecular complexity index is 1510. The van der Waals surface area contributed by atoms with Gasteiger partial charge in [-0.2, -0.15) is 0 Å². The Labute approximate surface area is 222 Å². The topological polar surface area (TPSA) is 92.6 Å². The maximum absolute atomic E-state index is 13.3. The van der Waals surface area contributed by atoms with Crippen molar-refractivity contribution < 1.29 is 14.6 Å². The second kappa shape index (κ2) is 11.6. The number of ether oxygens (including phenoxy) is 1. The van der Waals surface area contributed by atoms with Crippen molar-refractivity contribution in [2.75, 3.05) is 26.3 Å². The lowest BCUT2D eigenvalue weighted by Gasteiger charge is -2.12. The van der Waals surface area contributed by atoms with Crippen LogP contribution in [0.5, 0.6) is 5.75 Å². The second-order valence-corrected chi connectivity index (χ2v) is 9.80. The first-order chi connectivity index (χ1) is 18.5. The quantitative estimate of drug-likeness (QED) is 0.266. The summed E-state index contributed by atoms with van der Waals surface area (Å²) in [4.78, 5) is 25.9. The molecule has 0 aliphatic heterocycles. The highest BCUT2D eigenvalue weighted by Gasteiger charge is 2.24. The molecule has 1 heterocycles. The Balaban J connectivity index is 1.34. The van der Waals surface area contributed by atoms with Gasteiger partial charge >= 0.3 is 0 Å². The number of hydrogen-bond acceptors (Lipinski definition) is 5. The zero-order valence-corrected chi connectivity index (χ0v) is 21.6. The second-order valence-electron chi connectivity index (χ2n) is 9.80. The molecule has 0 unspecified atom stereocenters. The van der Waals surface area contributed by atoms with Crippen LogP contribution in [0.3, 0.4) is 0 Å². The molecule has 7 nitrogen and oxygen atoms in total. The number of rotatable bonds is 11. The number of amides is 1. The molecule has 7 heteroatoms. The van der Waals surface area contributed by atoms with Gasteiger partial charge in [0.1, 0.15) is 12.4 Å². The van der Waals surface area contributed by atoms with E-state index in [-0.39, 0.29) is 18.1 Å². The zero-order valence-electron chi connectivity index (χ0n) is 21.6. The number of carbonyl (C=O) groups excluding carboxylic acids is 1. The minimum atomic E-state index is -0.0529.